The number of rotatable bonds is 2. The van der Waals surface area contributed by atoms with Crippen molar-refractivity contribution in [1.29, 1.82) is 0 Å². The first-order valence-corrected chi connectivity index (χ1v) is 7.17. The fourth-order valence-electron chi connectivity index (χ4n) is 1.87. The van der Waals surface area contributed by atoms with Crippen molar-refractivity contribution < 1.29 is 0 Å². The first-order chi connectivity index (χ1) is 8.78. The van der Waals surface area contributed by atoms with Gasteiger partial charge in [0.15, 0.2) is 0 Å². The maximum absolute atomic E-state index is 6.04. The molecule has 0 N–H and O–H groups in total. The monoisotopic (exact) mass is 293 g/mol. The molecule has 2 aromatic carbocycles. The van der Waals surface area contributed by atoms with Crippen LogP contribution in [0.15, 0.2) is 42.5 Å². The van der Waals surface area contributed by atoms with Crippen LogP contribution in [0, 0.1) is 0 Å². The third-order valence-corrected chi connectivity index (χ3v) is 4.18. The highest BCUT2D eigenvalue weighted by molar-refractivity contribution is 7.13. The Labute approximate surface area is 119 Å². The predicted molar refractivity (Wildman–Crippen MR) is 79.6 cm³/mol. The van der Waals surface area contributed by atoms with E-state index in [2.05, 4.69) is 4.37 Å². The highest BCUT2D eigenvalue weighted by Gasteiger charge is 2.08. The minimum atomic E-state index is 0.532. The van der Waals surface area contributed by atoms with E-state index in [0.717, 1.165) is 31.9 Å². The molecule has 90 valence electrons. The molecular weight excluding hydrogens is 285 g/mol. The van der Waals surface area contributed by atoms with Crippen LogP contribution in [0.2, 0.25) is 5.02 Å². The van der Waals surface area contributed by atoms with Gasteiger partial charge in [-0.05, 0) is 35.3 Å². The summed E-state index contributed by atoms with van der Waals surface area (Å²) in [4.78, 5) is 0. The summed E-state index contributed by atoms with van der Waals surface area (Å²) < 4.78 is 5.66. The van der Waals surface area contributed by atoms with E-state index in [4.69, 9.17) is 23.2 Å². The van der Waals surface area contributed by atoms with Crippen LogP contribution in [0.3, 0.4) is 0 Å². The number of fused-ring (bicyclic) bond motifs is 1. The number of hydrogen-bond donors (Lipinski definition) is 0. The van der Waals surface area contributed by atoms with E-state index >= 15 is 0 Å². The number of hydrogen-bond acceptors (Lipinski definition) is 2. The summed E-state index contributed by atoms with van der Waals surface area (Å²) in [5.41, 5.74) is 3.19. The summed E-state index contributed by atoms with van der Waals surface area (Å²) in [7, 11) is 0. The van der Waals surface area contributed by atoms with Crippen LogP contribution in [0.1, 0.15) is 5.56 Å². The molecule has 0 amide bonds. The van der Waals surface area contributed by atoms with Crippen molar-refractivity contribution in [2.24, 2.45) is 0 Å². The van der Waals surface area contributed by atoms with Gasteiger partial charge in [0.1, 0.15) is 0 Å². The summed E-state index contributed by atoms with van der Waals surface area (Å²) in [6.45, 7) is 0. The quantitative estimate of drug-likeness (QED) is 0.580. The van der Waals surface area contributed by atoms with Crippen molar-refractivity contribution in [2.45, 2.75) is 5.88 Å². The highest BCUT2D eigenvalue weighted by Crippen LogP contribution is 2.32. The van der Waals surface area contributed by atoms with Crippen LogP contribution < -0.4 is 0 Å². The zero-order valence-corrected chi connectivity index (χ0v) is 11.7. The molecule has 0 atom stereocenters. The van der Waals surface area contributed by atoms with Crippen LogP contribution in [0.5, 0.6) is 0 Å². The van der Waals surface area contributed by atoms with Gasteiger partial charge in [0.25, 0.3) is 0 Å². The lowest BCUT2D eigenvalue weighted by Crippen LogP contribution is -1.81. The van der Waals surface area contributed by atoms with Gasteiger partial charge in [0.05, 0.1) is 10.4 Å². The second-order valence-electron chi connectivity index (χ2n) is 4.00. The molecule has 3 aromatic rings. The Kier molecular flexibility index (Phi) is 3.25. The molecule has 1 heterocycles. The third-order valence-electron chi connectivity index (χ3n) is 2.81. The number of halogens is 2. The van der Waals surface area contributed by atoms with Crippen molar-refractivity contribution in [3.63, 3.8) is 0 Å². The largest absolute Gasteiger partial charge is 0.191 e. The molecule has 1 nitrogen and oxygen atoms in total. The Balaban J connectivity index is 2.15. The van der Waals surface area contributed by atoms with Gasteiger partial charge >= 0.3 is 0 Å². The fourth-order valence-corrected chi connectivity index (χ4v) is 3.00. The molecular formula is C14H9Cl2NS. The molecule has 0 radical (unpaired) electrons. The van der Waals surface area contributed by atoms with E-state index < -0.39 is 0 Å². The Hall–Kier alpha value is -1.09. The SMILES string of the molecule is ClCc1ccc(-c2nsc3ccc(Cl)cc23)cc1. The number of benzene rings is 2. The summed E-state index contributed by atoms with van der Waals surface area (Å²) in [6.07, 6.45) is 0. The molecule has 1 aromatic heterocycles. The lowest BCUT2D eigenvalue weighted by atomic mass is 10.1. The van der Waals surface area contributed by atoms with Crippen molar-refractivity contribution >= 4 is 44.8 Å². The maximum atomic E-state index is 6.04. The average Bonchev–Trinajstić information content (AvgIpc) is 2.82. The van der Waals surface area contributed by atoms with Crippen LogP contribution >= 0.6 is 34.7 Å². The second kappa shape index (κ2) is 4.88. The second-order valence-corrected chi connectivity index (χ2v) is 5.51. The van der Waals surface area contributed by atoms with E-state index in [1.165, 1.54) is 11.5 Å². The standard InChI is InChI=1S/C14H9Cl2NS/c15-8-9-1-3-10(4-2-9)14-12-7-11(16)5-6-13(12)18-17-14/h1-7H,8H2. The van der Waals surface area contributed by atoms with Gasteiger partial charge in [-0.25, -0.2) is 0 Å². The van der Waals surface area contributed by atoms with Gasteiger partial charge in [-0.2, -0.15) is 4.37 Å². The molecule has 0 saturated heterocycles. The Morgan fingerprint density at radius 1 is 1.06 bits per heavy atom. The molecule has 0 fully saturated rings. The minimum absolute atomic E-state index is 0.532. The van der Waals surface area contributed by atoms with Crippen LogP contribution in [0.25, 0.3) is 21.3 Å². The third kappa shape index (κ3) is 2.12. The van der Waals surface area contributed by atoms with Gasteiger partial charge < -0.3 is 0 Å². The fraction of sp³-hybridized carbons (Fsp3) is 0.0714. The van der Waals surface area contributed by atoms with Gasteiger partial charge in [0, 0.05) is 21.9 Å². The Morgan fingerprint density at radius 2 is 1.83 bits per heavy atom. The summed E-state index contributed by atoms with van der Waals surface area (Å²) in [5.74, 6) is 0.532. The molecule has 18 heavy (non-hydrogen) atoms. The summed E-state index contributed by atoms with van der Waals surface area (Å²) in [5, 5.41) is 1.84. The van der Waals surface area contributed by atoms with Crippen LogP contribution in [-0.2, 0) is 5.88 Å². The van der Waals surface area contributed by atoms with Crippen molar-refractivity contribution in [3.05, 3.63) is 53.1 Å². The van der Waals surface area contributed by atoms with E-state index in [1.54, 1.807) is 0 Å². The first-order valence-electron chi connectivity index (χ1n) is 5.48. The summed E-state index contributed by atoms with van der Waals surface area (Å²) >= 11 is 13.3. The lowest BCUT2D eigenvalue weighted by molar-refractivity contribution is 1.40. The zero-order chi connectivity index (χ0) is 12.5. The molecule has 0 saturated carbocycles. The smallest absolute Gasteiger partial charge is 0.0919 e. The molecule has 0 aliphatic carbocycles. The molecule has 3 rings (SSSR count). The minimum Gasteiger partial charge on any atom is -0.191 e. The molecule has 4 heteroatoms. The van der Waals surface area contributed by atoms with Crippen LogP contribution in [-0.4, -0.2) is 4.37 Å². The van der Waals surface area contributed by atoms with E-state index in [0.29, 0.717) is 5.88 Å². The number of alkyl halides is 1. The van der Waals surface area contributed by atoms with Gasteiger partial charge in [-0.1, -0.05) is 35.9 Å². The van der Waals surface area contributed by atoms with E-state index in [9.17, 15) is 0 Å². The molecule has 0 aliphatic heterocycles. The number of nitrogens with zero attached hydrogens (tertiary/aromatic N) is 1. The van der Waals surface area contributed by atoms with Crippen molar-refractivity contribution in [3.8, 4) is 11.3 Å². The molecule has 0 unspecified atom stereocenters. The van der Waals surface area contributed by atoms with Gasteiger partial charge in [0.2, 0.25) is 0 Å². The predicted octanol–water partition coefficient (Wildman–Crippen LogP) is 5.36. The Bertz CT molecular complexity index is 689. The summed E-state index contributed by atoms with van der Waals surface area (Å²) in [6, 6.07) is 14.0. The van der Waals surface area contributed by atoms with Gasteiger partial charge in [-0.3, -0.25) is 0 Å². The van der Waals surface area contributed by atoms with E-state index in [-0.39, 0.29) is 0 Å². The number of aromatic nitrogens is 1. The Morgan fingerprint density at radius 3 is 2.56 bits per heavy atom. The molecule has 0 spiro atoms. The van der Waals surface area contributed by atoms with Gasteiger partial charge in [-0.15, -0.1) is 11.6 Å². The normalized spacial score (nSPS) is 11.0. The van der Waals surface area contributed by atoms with Crippen molar-refractivity contribution in [2.75, 3.05) is 0 Å². The van der Waals surface area contributed by atoms with Crippen molar-refractivity contribution in [1.82, 2.24) is 4.37 Å². The topological polar surface area (TPSA) is 12.9 Å². The first kappa shape index (κ1) is 12.0. The molecule has 0 aliphatic rings. The zero-order valence-electron chi connectivity index (χ0n) is 9.36. The average molecular weight is 294 g/mol. The van der Waals surface area contributed by atoms with E-state index in [1.807, 2.05) is 42.5 Å². The van der Waals surface area contributed by atoms with Crippen LogP contribution in [0.4, 0.5) is 0 Å². The lowest BCUT2D eigenvalue weighted by Gasteiger charge is -2.00. The molecule has 0 bridgehead atoms. The maximum Gasteiger partial charge on any atom is 0.0919 e. The highest BCUT2D eigenvalue weighted by atomic mass is 35.5.